The van der Waals surface area contributed by atoms with Gasteiger partial charge in [-0.3, -0.25) is 4.68 Å². The second kappa shape index (κ2) is 7.81. The van der Waals surface area contributed by atoms with Crippen LogP contribution < -0.4 is 5.32 Å². The van der Waals surface area contributed by atoms with Crippen LogP contribution in [0, 0.1) is 0 Å². The molecule has 1 aromatic heterocycles. The van der Waals surface area contributed by atoms with Crippen LogP contribution in [0.1, 0.15) is 25.1 Å². The van der Waals surface area contributed by atoms with Crippen molar-refractivity contribution in [3.05, 3.63) is 16.4 Å². The summed E-state index contributed by atoms with van der Waals surface area (Å²) in [5.74, 6) is 0. The standard InChI is InChI=1S/C11H18BrF2N3O/c1-3-4-15-9(11(13)14)10-8(12)7-16-17(10)5-6-18-2/h7,9,11,15H,3-6H2,1-2H3. The molecule has 18 heavy (non-hydrogen) atoms. The number of hydrogen-bond acceptors (Lipinski definition) is 3. The molecule has 1 heterocycles. The predicted molar refractivity (Wildman–Crippen MR) is 68.8 cm³/mol. The fourth-order valence-electron chi connectivity index (χ4n) is 1.64. The quantitative estimate of drug-likeness (QED) is 0.798. The van der Waals surface area contributed by atoms with E-state index in [2.05, 4.69) is 26.3 Å². The molecule has 0 aliphatic rings. The van der Waals surface area contributed by atoms with Crippen LogP contribution in [0.5, 0.6) is 0 Å². The van der Waals surface area contributed by atoms with Gasteiger partial charge in [0.15, 0.2) is 0 Å². The maximum atomic E-state index is 13.1. The number of nitrogens with one attached hydrogen (secondary N) is 1. The van der Waals surface area contributed by atoms with Gasteiger partial charge in [0.1, 0.15) is 6.04 Å². The first-order chi connectivity index (χ1) is 8.61. The van der Waals surface area contributed by atoms with Gasteiger partial charge in [-0.15, -0.1) is 0 Å². The molecule has 4 nitrogen and oxygen atoms in total. The van der Waals surface area contributed by atoms with E-state index in [4.69, 9.17) is 4.74 Å². The molecule has 1 unspecified atom stereocenters. The lowest BCUT2D eigenvalue weighted by atomic mass is 10.2. The molecule has 0 fully saturated rings. The fraction of sp³-hybridized carbons (Fsp3) is 0.727. The van der Waals surface area contributed by atoms with Crippen LogP contribution in [0.2, 0.25) is 0 Å². The molecule has 0 amide bonds. The lowest BCUT2D eigenvalue weighted by molar-refractivity contribution is 0.0924. The van der Waals surface area contributed by atoms with Crippen LogP contribution in [0.4, 0.5) is 8.78 Å². The highest BCUT2D eigenvalue weighted by molar-refractivity contribution is 9.10. The van der Waals surface area contributed by atoms with Gasteiger partial charge in [0.25, 0.3) is 6.43 Å². The molecule has 0 saturated carbocycles. The average molecular weight is 326 g/mol. The van der Waals surface area contributed by atoms with Crippen molar-refractivity contribution >= 4 is 15.9 Å². The minimum absolute atomic E-state index is 0.435. The van der Waals surface area contributed by atoms with Crippen LogP contribution in [0.25, 0.3) is 0 Å². The number of rotatable bonds is 8. The van der Waals surface area contributed by atoms with Gasteiger partial charge in [0.05, 0.1) is 29.5 Å². The summed E-state index contributed by atoms with van der Waals surface area (Å²) in [7, 11) is 1.57. The van der Waals surface area contributed by atoms with E-state index in [0.717, 1.165) is 6.42 Å². The van der Waals surface area contributed by atoms with Crippen molar-refractivity contribution in [1.82, 2.24) is 15.1 Å². The summed E-state index contributed by atoms with van der Waals surface area (Å²) in [5.41, 5.74) is 0.468. The number of ether oxygens (including phenoxy) is 1. The van der Waals surface area contributed by atoms with E-state index in [1.54, 1.807) is 11.8 Å². The highest BCUT2D eigenvalue weighted by Crippen LogP contribution is 2.27. The zero-order chi connectivity index (χ0) is 13.5. The van der Waals surface area contributed by atoms with Crippen molar-refractivity contribution in [3.8, 4) is 0 Å². The average Bonchev–Trinajstić information content (AvgIpc) is 2.69. The molecule has 0 aliphatic carbocycles. The second-order valence-corrected chi connectivity index (χ2v) is 4.71. The molecule has 7 heteroatoms. The number of hydrogen-bond donors (Lipinski definition) is 1. The van der Waals surface area contributed by atoms with Crippen LogP contribution in [0.3, 0.4) is 0 Å². The Balaban J connectivity index is 2.91. The van der Waals surface area contributed by atoms with Crippen molar-refractivity contribution < 1.29 is 13.5 Å². The van der Waals surface area contributed by atoms with Gasteiger partial charge >= 0.3 is 0 Å². The first kappa shape index (κ1) is 15.5. The highest BCUT2D eigenvalue weighted by atomic mass is 79.9. The van der Waals surface area contributed by atoms with Crippen molar-refractivity contribution in [2.75, 3.05) is 20.3 Å². The van der Waals surface area contributed by atoms with Gasteiger partial charge < -0.3 is 10.1 Å². The topological polar surface area (TPSA) is 39.1 Å². The van der Waals surface area contributed by atoms with Crippen molar-refractivity contribution in [1.29, 1.82) is 0 Å². The van der Waals surface area contributed by atoms with Gasteiger partial charge in [-0.05, 0) is 28.9 Å². The van der Waals surface area contributed by atoms with Gasteiger partial charge in [-0.2, -0.15) is 5.10 Å². The Hall–Kier alpha value is -0.530. The Morgan fingerprint density at radius 3 is 2.83 bits per heavy atom. The molecule has 104 valence electrons. The first-order valence-electron chi connectivity index (χ1n) is 5.83. The number of alkyl halides is 2. The lowest BCUT2D eigenvalue weighted by Gasteiger charge is -2.19. The van der Waals surface area contributed by atoms with Crippen LogP contribution >= 0.6 is 15.9 Å². The number of methoxy groups -OCH3 is 1. The number of aromatic nitrogens is 2. The van der Waals surface area contributed by atoms with E-state index < -0.39 is 12.5 Å². The highest BCUT2D eigenvalue weighted by Gasteiger charge is 2.27. The minimum Gasteiger partial charge on any atom is -0.383 e. The Labute approximate surface area is 114 Å². The SMILES string of the molecule is CCCNC(c1c(Br)cnn1CCOC)C(F)F. The molecule has 1 rings (SSSR count). The Morgan fingerprint density at radius 2 is 2.28 bits per heavy atom. The minimum atomic E-state index is -2.48. The lowest BCUT2D eigenvalue weighted by Crippen LogP contribution is -2.31. The van der Waals surface area contributed by atoms with E-state index in [9.17, 15) is 8.78 Å². The summed E-state index contributed by atoms with van der Waals surface area (Å²) < 4.78 is 33.3. The van der Waals surface area contributed by atoms with E-state index in [1.165, 1.54) is 6.20 Å². The molecular weight excluding hydrogens is 308 g/mol. The fourth-order valence-corrected chi connectivity index (χ4v) is 2.18. The molecular formula is C11H18BrF2N3O. The van der Waals surface area contributed by atoms with Gasteiger partial charge in [0.2, 0.25) is 0 Å². The summed E-state index contributed by atoms with van der Waals surface area (Å²) in [6.07, 6.45) is -0.146. The molecule has 0 radical (unpaired) electrons. The molecule has 0 aromatic carbocycles. The van der Waals surface area contributed by atoms with Crippen LogP contribution in [-0.2, 0) is 11.3 Å². The third-order valence-electron chi connectivity index (χ3n) is 2.50. The zero-order valence-corrected chi connectivity index (χ0v) is 12.1. The molecule has 1 N–H and O–H groups in total. The molecule has 0 spiro atoms. The zero-order valence-electron chi connectivity index (χ0n) is 10.5. The third-order valence-corrected chi connectivity index (χ3v) is 3.11. The van der Waals surface area contributed by atoms with Crippen molar-refractivity contribution in [3.63, 3.8) is 0 Å². The Kier molecular flexibility index (Phi) is 6.73. The Bertz CT molecular complexity index is 360. The maximum absolute atomic E-state index is 13.1. The first-order valence-corrected chi connectivity index (χ1v) is 6.62. The van der Waals surface area contributed by atoms with E-state index >= 15 is 0 Å². The normalized spacial score (nSPS) is 13.2. The van der Waals surface area contributed by atoms with E-state index in [0.29, 0.717) is 29.9 Å². The summed E-state index contributed by atoms with van der Waals surface area (Å²) >= 11 is 3.27. The van der Waals surface area contributed by atoms with Gasteiger partial charge in [0, 0.05) is 7.11 Å². The summed E-state index contributed by atoms with van der Waals surface area (Å²) in [5, 5.41) is 6.93. The predicted octanol–water partition coefficient (Wildman–Crippen LogP) is 2.60. The number of halogens is 3. The van der Waals surface area contributed by atoms with Gasteiger partial charge in [-0.25, -0.2) is 8.78 Å². The Morgan fingerprint density at radius 1 is 1.56 bits per heavy atom. The molecule has 1 aromatic rings. The molecule has 0 bridgehead atoms. The van der Waals surface area contributed by atoms with Gasteiger partial charge in [-0.1, -0.05) is 6.92 Å². The second-order valence-electron chi connectivity index (χ2n) is 3.86. The maximum Gasteiger partial charge on any atom is 0.259 e. The summed E-state index contributed by atoms with van der Waals surface area (Å²) in [6, 6.07) is -1.02. The van der Waals surface area contributed by atoms with E-state index in [1.807, 2.05) is 6.92 Å². The van der Waals surface area contributed by atoms with Crippen LogP contribution in [0.15, 0.2) is 10.7 Å². The molecule has 0 aliphatic heterocycles. The molecule has 1 atom stereocenters. The smallest absolute Gasteiger partial charge is 0.259 e. The van der Waals surface area contributed by atoms with Crippen LogP contribution in [-0.4, -0.2) is 36.5 Å². The van der Waals surface area contributed by atoms with Crippen molar-refractivity contribution in [2.24, 2.45) is 0 Å². The summed E-state index contributed by atoms with van der Waals surface area (Å²) in [4.78, 5) is 0. The monoisotopic (exact) mass is 325 g/mol. The number of nitrogens with zero attached hydrogens (tertiary/aromatic N) is 2. The van der Waals surface area contributed by atoms with Crippen molar-refractivity contribution in [2.45, 2.75) is 32.4 Å². The van der Waals surface area contributed by atoms with E-state index in [-0.39, 0.29) is 0 Å². The summed E-state index contributed by atoms with van der Waals surface area (Å²) in [6.45, 7) is 3.36. The largest absolute Gasteiger partial charge is 0.383 e. The third kappa shape index (κ3) is 4.00. The molecule has 0 saturated heterocycles.